The van der Waals surface area contributed by atoms with Crippen molar-refractivity contribution in [1.82, 2.24) is 5.32 Å². The van der Waals surface area contributed by atoms with Gasteiger partial charge in [-0.2, -0.15) is 0 Å². The van der Waals surface area contributed by atoms with Crippen molar-refractivity contribution in [1.29, 1.82) is 0 Å². The first kappa shape index (κ1) is 17.0. The molecule has 5 heteroatoms. The van der Waals surface area contributed by atoms with Gasteiger partial charge in [-0.3, -0.25) is 9.69 Å². The van der Waals surface area contributed by atoms with Gasteiger partial charge in [-0.1, -0.05) is 31.0 Å². The van der Waals surface area contributed by atoms with Crippen LogP contribution in [0.2, 0.25) is 0 Å². The normalized spacial score (nSPS) is 11.8. The lowest BCUT2D eigenvalue weighted by atomic mass is 10.0. The SMILES string of the molecule is CCCC(CNC(=O)N(C)c1ccc(C)cc1C)C(=O)O. The first-order valence-corrected chi connectivity index (χ1v) is 7.18. The second-order valence-corrected chi connectivity index (χ2v) is 5.36. The zero-order valence-electron chi connectivity index (χ0n) is 13.1. The van der Waals surface area contributed by atoms with Crippen molar-refractivity contribution >= 4 is 17.7 Å². The molecule has 0 radical (unpaired) electrons. The Bertz CT molecular complexity index is 514. The van der Waals surface area contributed by atoms with Crippen LogP contribution in [0.25, 0.3) is 0 Å². The molecule has 0 heterocycles. The van der Waals surface area contributed by atoms with Crippen LogP contribution in [0, 0.1) is 19.8 Å². The van der Waals surface area contributed by atoms with E-state index in [0.29, 0.717) is 6.42 Å². The highest BCUT2D eigenvalue weighted by atomic mass is 16.4. The number of carbonyl (C=O) groups excluding carboxylic acids is 1. The summed E-state index contributed by atoms with van der Waals surface area (Å²) in [6.45, 7) is 6.03. The van der Waals surface area contributed by atoms with Gasteiger partial charge in [0, 0.05) is 19.3 Å². The molecule has 116 valence electrons. The number of nitrogens with zero attached hydrogens (tertiary/aromatic N) is 1. The fraction of sp³-hybridized carbons (Fsp3) is 0.500. The molecule has 0 aliphatic heterocycles. The van der Waals surface area contributed by atoms with Gasteiger partial charge in [0.25, 0.3) is 0 Å². The molecular weight excluding hydrogens is 268 g/mol. The number of hydrogen-bond donors (Lipinski definition) is 2. The number of urea groups is 1. The van der Waals surface area contributed by atoms with E-state index in [1.54, 1.807) is 7.05 Å². The zero-order chi connectivity index (χ0) is 16.0. The summed E-state index contributed by atoms with van der Waals surface area (Å²) in [6.07, 6.45) is 1.34. The molecule has 2 N–H and O–H groups in total. The Morgan fingerprint density at radius 3 is 2.52 bits per heavy atom. The minimum atomic E-state index is -0.869. The van der Waals surface area contributed by atoms with Crippen molar-refractivity contribution in [3.8, 4) is 0 Å². The summed E-state index contributed by atoms with van der Waals surface area (Å²) in [5.41, 5.74) is 2.97. The van der Waals surface area contributed by atoms with Crippen molar-refractivity contribution in [3.05, 3.63) is 29.3 Å². The van der Waals surface area contributed by atoms with Crippen molar-refractivity contribution in [2.75, 3.05) is 18.5 Å². The number of carboxylic acid groups (broad SMARTS) is 1. The van der Waals surface area contributed by atoms with Crippen LogP contribution < -0.4 is 10.2 Å². The van der Waals surface area contributed by atoms with E-state index in [0.717, 1.165) is 23.2 Å². The average molecular weight is 292 g/mol. The molecule has 0 aliphatic carbocycles. The lowest BCUT2D eigenvalue weighted by molar-refractivity contribution is -0.141. The highest BCUT2D eigenvalue weighted by Gasteiger charge is 2.19. The highest BCUT2D eigenvalue weighted by Crippen LogP contribution is 2.20. The van der Waals surface area contributed by atoms with Crippen LogP contribution in [0.4, 0.5) is 10.5 Å². The number of carbonyl (C=O) groups is 2. The maximum atomic E-state index is 12.1. The molecule has 1 aromatic rings. The van der Waals surface area contributed by atoms with Gasteiger partial charge in [-0.05, 0) is 31.9 Å². The molecule has 1 atom stereocenters. The maximum absolute atomic E-state index is 12.1. The lowest BCUT2D eigenvalue weighted by Gasteiger charge is -2.21. The van der Waals surface area contributed by atoms with Crippen LogP contribution in [-0.4, -0.2) is 30.7 Å². The number of aryl methyl sites for hydroxylation is 2. The number of aliphatic carboxylic acids is 1. The summed E-state index contributed by atoms with van der Waals surface area (Å²) in [7, 11) is 1.68. The monoisotopic (exact) mass is 292 g/mol. The molecule has 1 rings (SSSR count). The Kier molecular flexibility index (Phi) is 6.21. The molecule has 1 aromatic carbocycles. The van der Waals surface area contributed by atoms with Gasteiger partial charge < -0.3 is 10.4 Å². The van der Waals surface area contributed by atoms with Gasteiger partial charge in [-0.25, -0.2) is 4.79 Å². The van der Waals surface area contributed by atoms with Crippen molar-refractivity contribution in [2.45, 2.75) is 33.6 Å². The van der Waals surface area contributed by atoms with Gasteiger partial charge >= 0.3 is 12.0 Å². The van der Waals surface area contributed by atoms with Gasteiger partial charge in [0.2, 0.25) is 0 Å². The number of rotatable bonds is 6. The first-order chi connectivity index (χ1) is 9.86. The topological polar surface area (TPSA) is 69.6 Å². The minimum Gasteiger partial charge on any atom is -0.481 e. The Balaban J connectivity index is 2.68. The molecule has 0 aliphatic rings. The third-order valence-electron chi connectivity index (χ3n) is 3.50. The Morgan fingerprint density at radius 1 is 1.33 bits per heavy atom. The van der Waals surface area contributed by atoms with E-state index in [4.69, 9.17) is 5.11 Å². The summed E-state index contributed by atoms with van der Waals surface area (Å²) < 4.78 is 0. The second-order valence-electron chi connectivity index (χ2n) is 5.36. The number of anilines is 1. The quantitative estimate of drug-likeness (QED) is 0.847. The Labute approximate surface area is 126 Å². The molecule has 0 saturated carbocycles. The average Bonchev–Trinajstić information content (AvgIpc) is 2.42. The third-order valence-corrected chi connectivity index (χ3v) is 3.50. The highest BCUT2D eigenvalue weighted by molar-refractivity contribution is 5.92. The molecule has 21 heavy (non-hydrogen) atoms. The van der Waals surface area contributed by atoms with E-state index < -0.39 is 11.9 Å². The molecule has 5 nitrogen and oxygen atoms in total. The Morgan fingerprint density at radius 2 is 2.00 bits per heavy atom. The van der Waals surface area contributed by atoms with Crippen LogP contribution in [0.1, 0.15) is 30.9 Å². The predicted molar refractivity (Wildman–Crippen MR) is 83.8 cm³/mol. The summed E-state index contributed by atoms with van der Waals surface area (Å²) in [4.78, 5) is 24.7. The number of hydrogen-bond acceptors (Lipinski definition) is 2. The summed E-state index contributed by atoms with van der Waals surface area (Å²) >= 11 is 0. The molecule has 2 amide bonds. The molecule has 0 spiro atoms. The van der Waals surface area contributed by atoms with Crippen molar-refractivity contribution < 1.29 is 14.7 Å². The Hall–Kier alpha value is -2.04. The van der Waals surface area contributed by atoms with E-state index in [-0.39, 0.29) is 12.6 Å². The first-order valence-electron chi connectivity index (χ1n) is 7.18. The number of carboxylic acids is 1. The molecule has 0 aromatic heterocycles. The summed E-state index contributed by atoms with van der Waals surface area (Å²) in [5.74, 6) is -1.40. The molecular formula is C16H24N2O3. The van der Waals surface area contributed by atoms with E-state index >= 15 is 0 Å². The van der Waals surface area contributed by atoms with Gasteiger partial charge in [0.1, 0.15) is 0 Å². The van der Waals surface area contributed by atoms with E-state index in [2.05, 4.69) is 5.32 Å². The third kappa shape index (κ3) is 4.77. The van der Waals surface area contributed by atoms with Crippen LogP contribution in [0.5, 0.6) is 0 Å². The number of benzene rings is 1. The van der Waals surface area contributed by atoms with Crippen LogP contribution >= 0.6 is 0 Å². The number of amides is 2. The van der Waals surface area contributed by atoms with Crippen LogP contribution in [-0.2, 0) is 4.79 Å². The van der Waals surface area contributed by atoms with Crippen LogP contribution in [0.3, 0.4) is 0 Å². The van der Waals surface area contributed by atoms with Gasteiger partial charge in [-0.15, -0.1) is 0 Å². The van der Waals surface area contributed by atoms with E-state index in [9.17, 15) is 9.59 Å². The fourth-order valence-corrected chi connectivity index (χ4v) is 2.28. The second kappa shape index (κ2) is 7.67. The maximum Gasteiger partial charge on any atom is 0.321 e. The summed E-state index contributed by atoms with van der Waals surface area (Å²) in [6, 6.07) is 5.56. The lowest BCUT2D eigenvalue weighted by Crippen LogP contribution is -2.41. The molecule has 1 unspecified atom stereocenters. The minimum absolute atomic E-state index is 0.150. The van der Waals surface area contributed by atoms with Gasteiger partial charge in [0.15, 0.2) is 0 Å². The molecule has 0 bridgehead atoms. The standard InChI is InChI=1S/C16H24N2O3/c1-5-6-13(15(19)20)10-17-16(21)18(4)14-8-7-11(2)9-12(14)3/h7-9,13H,5-6,10H2,1-4H3,(H,17,21)(H,19,20). The predicted octanol–water partition coefficient (Wildman–Crippen LogP) is 2.95. The summed E-state index contributed by atoms with van der Waals surface area (Å²) in [5, 5.41) is 11.8. The van der Waals surface area contributed by atoms with Gasteiger partial charge in [0.05, 0.1) is 5.92 Å². The zero-order valence-corrected chi connectivity index (χ0v) is 13.1. The fourth-order valence-electron chi connectivity index (χ4n) is 2.28. The van der Waals surface area contributed by atoms with Crippen molar-refractivity contribution in [3.63, 3.8) is 0 Å². The van der Waals surface area contributed by atoms with Crippen LogP contribution in [0.15, 0.2) is 18.2 Å². The molecule has 0 saturated heterocycles. The van der Waals surface area contributed by atoms with E-state index in [1.165, 1.54) is 4.90 Å². The largest absolute Gasteiger partial charge is 0.481 e. The van der Waals surface area contributed by atoms with Crippen molar-refractivity contribution in [2.24, 2.45) is 5.92 Å². The smallest absolute Gasteiger partial charge is 0.321 e. The molecule has 0 fully saturated rings. The number of nitrogens with one attached hydrogen (secondary N) is 1. The van der Waals surface area contributed by atoms with E-state index in [1.807, 2.05) is 39.0 Å².